The molecule has 3 aromatic rings. The number of nitro benzene ring substituents is 1. The maximum absolute atomic E-state index is 11.5. The third-order valence-corrected chi connectivity index (χ3v) is 4.80. The largest absolute Gasteiger partial charge is 0.457 e. The highest BCUT2D eigenvalue weighted by Crippen LogP contribution is 2.37. The Balaban J connectivity index is 1.65. The van der Waals surface area contributed by atoms with Crippen LogP contribution in [0.5, 0.6) is 11.5 Å². The number of aryl methyl sites for hydroxylation is 1. The average Bonchev–Trinajstić information content (AvgIpc) is 2.68. The molecule has 0 radical (unpaired) electrons. The molecule has 0 saturated heterocycles. The molecule has 1 aliphatic heterocycles. The molecule has 0 bridgehead atoms. The minimum absolute atomic E-state index is 0.0310. The molecule has 2 N–H and O–H groups in total. The molecule has 2 aromatic carbocycles. The van der Waals surface area contributed by atoms with Gasteiger partial charge in [-0.3, -0.25) is 10.1 Å². The van der Waals surface area contributed by atoms with Gasteiger partial charge in [0.05, 0.1) is 11.0 Å². The number of anilines is 2. The van der Waals surface area contributed by atoms with E-state index in [0.29, 0.717) is 34.6 Å². The number of benzene rings is 2. The fraction of sp³-hybridized carbons (Fsp3) is 0.200. The Kier molecular flexibility index (Phi) is 5.18. The molecular weight excluding hydrogens is 394 g/mol. The predicted molar refractivity (Wildman–Crippen MR) is 111 cm³/mol. The molecule has 8 nitrogen and oxygen atoms in total. The first-order valence-electron chi connectivity index (χ1n) is 9.05. The zero-order valence-electron chi connectivity index (χ0n) is 15.6. The van der Waals surface area contributed by atoms with Gasteiger partial charge in [-0.25, -0.2) is 9.97 Å². The van der Waals surface area contributed by atoms with Crippen LogP contribution in [0.25, 0.3) is 0 Å². The van der Waals surface area contributed by atoms with Crippen molar-refractivity contribution in [3.63, 3.8) is 0 Å². The molecule has 4 rings (SSSR count). The molecule has 29 heavy (non-hydrogen) atoms. The summed E-state index contributed by atoms with van der Waals surface area (Å²) >= 11 is 6.00. The van der Waals surface area contributed by atoms with Crippen LogP contribution < -0.4 is 15.4 Å². The Morgan fingerprint density at radius 3 is 2.90 bits per heavy atom. The smallest absolute Gasteiger partial charge is 0.292 e. The first kappa shape index (κ1) is 18.9. The van der Waals surface area contributed by atoms with Gasteiger partial charge in [0.1, 0.15) is 28.8 Å². The van der Waals surface area contributed by atoms with Crippen LogP contribution in [0.15, 0.2) is 48.7 Å². The lowest BCUT2D eigenvalue weighted by Crippen LogP contribution is -2.24. The fourth-order valence-electron chi connectivity index (χ4n) is 3.22. The van der Waals surface area contributed by atoms with E-state index in [1.54, 1.807) is 42.6 Å². The van der Waals surface area contributed by atoms with Crippen molar-refractivity contribution in [1.29, 1.82) is 0 Å². The van der Waals surface area contributed by atoms with Crippen molar-refractivity contribution in [3.05, 3.63) is 75.2 Å². The lowest BCUT2D eigenvalue weighted by molar-refractivity contribution is -0.384. The van der Waals surface area contributed by atoms with Crippen LogP contribution >= 0.6 is 11.6 Å². The Labute approximate surface area is 172 Å². The third kappa shape index (κ3) is 4.22. The van der Waals surface area contributed by atoms with E-state index < -0.39 is 4.92 Å². The predicted octanol–water partition coefficient (Wildman–Crippen LogP) is 5.11. The van der Waals surface area contributed by atoms with Gasteiger partial charge in [0.15, 0.2) is 0 Å². The number of hydrogen-bond donors (Lipinski definition) is 2. The molecule has 1 unspecified atom stereocenters. The number of nitrogens with one attached hydrogen (secondary N) is 2. The lowest BCUT2D eigenvalue weighted by Gasteiger charge is -2.27. The molecule has 2 heterocycles. The first-order valence-corrected chi connectivity index (χ1v) is 9.43. The van der Waals surface area contributed by atoms with Crippen LogP contribution in [0.3, 0.4) is 0 Å². The second kappa shape index (κ2) is 7.92. The quantitative estimate of drug-likeness (QED) is 0.444. The zero-order valence-corrected chi connectivity index (χ0v) is 16.3. The summed E-state index contributed by atoms with van der Waals surface area (Å²) in [4.78, 5) is 19.8. The summed E-state index contributed by atoms with van der Waals surface area (Å²) < 4.78 is 5.82. The van der Waals surface area contributed by atoms with Crippen molar-refractivity contribution in [2.75, 3.05) is 17.2 Å². The standard InChI is InChI=1S/C20H18ClN5O3/c1-12-23-11-16-17(7-8-22-20(16)24-12)25-18-10-15(5-6-19(18)26(27)28)29-14-4-2-3-13(21)9-14/h2-6,9-11,17,25H,7-8H2,1H3,(H,22,23,24). The van der Waals surface area contributed by atoms with E-state index in [1.165, 1.54) is 6.07 Å². The Hall–Kier alpha value is -3.39. The van der Waals surface area contributed by atoms with Gasteiger partial charge < -0.3 is 15.4 Å². The lowest BCUT2D eigenvalue weighted by atomic mass is 10.0. The topological polar surface area (TPSA) is 102 Å². The fourth-order valence-corrected chi connectivity index (χ4v) is 3.40. The molecule has 1 aromatic heterocycles. The second-order valence-corrected chi connectivity index (χ2v) is 7.07. The number of fused-ring (bicyclic) bond motifs is 1. The number of rotatable bonds is 5. The van der Waals surface area contributed by atoms with Crippen molar-refractivity contribution in [2.45, 2.75) is 19.4 Å². The van der Waals surface area contributed by atoms with Crippen molar-refractivity contribution < 1.29 is 9.66 Å². The summed E-state index contributed by atoms with van der Waals surface area (Å²) in [5.41, 5.74) is 1.21. The van der Waals surface area contributed by atoms with Crippen LogP contribution in [-0.4, -0.2) is 21.4 Å². The van der Waals surface area contributed by atoms with Gasteiger partial charge in [-0.15, -0.1) is 0 Å². The summed E-state index contributed by atoms with van der Waals surface area (Å²) in [5.74, 6) is 2.43. The number of halogens is 1. The van der Waals surface area contributed by atoms with E-state index in [1.807, 2.05) is 6.92 Å². The minimum atomic E-state index is -0.418. The van der Waals surface area contributed by atoms with Gasteiger partial charge in [-0.05, 0) is 37.6 Å². The molecule has 0 saturated carbocycles. The van der Waals surface area contributed by atoms with Crippen molar-refractivity contribution >= 4 is 28.8 Å². The van der Waals surface area contributed by atoms with Crippen LogP contribution in [0, 0.1) is 17.0 Å². The second-order valence-electron chi connectivity index (χ2n) is 6.63. The van der Waals surface area contributed by atoms with E-state index in [2.05, 4.69) is 20.6 Å². The summed E-state index contributed by atoms with van der Waals surface area (Å²) in [6, 6.07) is 11.4. The Bertz CT molecular complexity index is 1080. The van der Waals surface area contributed by atoms with E-state index in [4.69, 9.17) is 16.3 Å². The van der Waals surface area contributed by atoms with E-state index in [0.717, 1.165) is 17.8 Å². The average molecular weight is 412 g/mol. The van der Waals surface area contributed by atoms with Crippen LogP contribution in [0.2, 0.25) is 5.02 Å². The molecule has 148 valence electrons. The molecule has 1 aliphatic rings. The van der Waals surface area contributed by atoms with Crippen LogP contribution in [-0.2, 0) is 0 Å². The van der Waals surface area contributed by atoms with Gasteiger partial charge in [0, 0.05) is 35.5 Å². The molecule has 1 atom stereocenters. The molecule has 0 fully saturated rings. The summed E-state index contributed by atoms with van der Waals surface area (Å²) in [7, 11) is 0. The molecular formula is C20H18ClN5O3. The van der Waals surface area contributed by atoms with Gasteiger partial charge in [0.2, 0.25) is 0 Å². The van der Waals surface area contributed by atoms with Gasteiger partial charge in [-0.2, -0.15) is 0 Å². The van der Waals surface area contributed by atoms with E-state index in [-0.39, 0.29) is 11.7 Å². The highest BCUT2D eigenvalue weighted by Gasteiger charge is 2.25. The normalized spacial score (nSPS) is 15.2. The monoisotopic (exact) mass is 411 g/mol. The van der Waals surface area contributed by atoms with Gasteiger partial charge in [-0.1, -0.05) is 17.7 Å². The zero-order chi connectivity index (χ0) is 20.4. The van der Waals surface area contributed by atoms with Gasteiger partial charge in [0.25, 0.3) is 5.69 Å². The highest BCUT2D eigenvalue weighted by molar-refractivity contribution is 6.30. The highest BCUT2D eigenvalue weighted by atomic mass is 35.5. The number of ether oxygens (including phenoxy) is 1. The number of aromatic nitrogens is 2. The first-order chi connectivity index (χ1) is 14.0. The molecule has 9 heteroatoms. The summed E-state index contributed by atoms with van der Waals surface area (Å²) in [6.07, 6.45) is 2.48. The van der Waals surface area contributed by atoms with E-state index in [9.17, 15) is 10.1 Å². The summed E-state index contributed by atoms with van der Waals surface area (Å²) in [6.45, 7) is 2.52. The van der Waals surface area contributed by atoms with Crippen LogP contribution in [0.4, 0.5) is 17.2 Å². The van der Waals surface area contributed by atoms with E-state index >= 15 is 0 Å². The third-order valence-electron chi connectivity index (χ3n) is 4.56. The van der Waals surface area contributed by atoms with Crippen molar-refractivity contribution in [1.82, 2.24) is 9.97 Å². The van der Waals surface area contributed by atoms with Gasteiger partial charge >= 0.3 is 0 Å². The molecule has 0 amide bonds. The maximum atomic E-state index is 11.5. The van der Waals surface area contributed by atoms with Crippen molar-refractivity contribution in [2.24, 2.45) is 0 Å². The minimum Gasteiger partial charge on any atom is -0.457 e. The Morgan fingerprint density at radius 2 is 2.10 bits per heavy atom. The molecule has 0 aliphatic carbocycles. The maximum Gasteiger partial charge on any atom is 0.292 e. The number of nitro groups is 1. The molecule has 0 spiro atoms. The Morgan fingerprint density at radius 1 is 1.28 bits per heavy atom. The summed E-state index contributed by atoms with van der Waals surface area (Å²) in [5, 5.41) is 18.6. The number of hydrogen-bond acceptors (Lipinski definition) is 7. The number of nitrogens with zero attached hydrogens (tertiary/aromatic N) is 3. The van der Waals surface area contributed by atoms with Crippen LogP contribution in [0.1, 0.15) is 23.9 Å². The SMILES string of the molecule is Cc1ncc2c(n1)NCCC2Nc1cc(Oc2cccc(Cl)c2)ccc1[N+](=O)[O-]. The van der Waals surface area contributed by atoms with Crippen molar-refractivity contribution in [3.8, 4) is 11.5 Å².